The van der Waals surface area contributed by atoms with Gasteiger partial charge in [-0.15, -0.1) is 0 Å². The Balaban J connectivity index is 2.22. The van der Waals surface area contributed by atoms with Gasteiger partial charge in [0.15, 0.2) is 0 Å². The van der Waals surface area contributed by atoms with E-state index in [1.54, 1.807) is 12.3 Å². The Morgan fingerprint density at radius 2 is 2.06 bits per heavy atom. The van der Waals surface area contributed by atoms with Crippen LogP contribution in [0.3, 0.4) is 0 Å². The Kier molecular flexibility index (Phi) is 2.96. The Morgan fingerprint density at radius 1 is 1.25 bits per heavy atom. The van der Waals surface area contributed by atoms with Crippen molar-refractivity contribution >= 4 is 0 Å². The second kappa shape index (κ2) is 4.40. The van der Waals surface area contributed by atoms with E-state index in [-0.39, 0.29) is 12.1 Å². The third kappa shape index (κ3) is 2.25. The molecule has 1 heterocycles. The molecule has 84 valence electrons. The molecule has 2 N–H and O–H groups in total. The van der Waals surface area contributed by atoms with Gasteiger partial charge in [0.25, 0.3) is 0 Å². The molecule has 0 aliphatic rings. The van der Waals surface area contributed by atoms with E-state index in [1.165, 1.54) is 10.7 Å². The first-order valence-corrected chi connectivity index (χ1v) is 4.85. The average Bonchev–Trinajstić information content (AvgIpc) is 2.71. The predicted molar refractivity (Wildman–Crippen MR) is 55.6 cm³/mol. The van der Waals surface area contributed by atoms with E-state index in [0.29, 0.717) is 6.54 Å². The number of hydrogen-bond acceptors (Lipinski definition) is 2. The highest BCUT2D eigenvalue weighted by Gasteiger charge is 2.05. The molecule has 0 spiro atoms. The lowest BCUT2D eigenvalue weighted by atomic mass is 10.2. The minimum Gasteiger partial charge on any atom is -0.325 e. The van der Waals surface area contributed by atoms with Crippen LogP contribution in [-0.2, 0) is 13.1 Å². The monoisotopic (exact) mass is 223 g/mol. The third-order valence-corrected chi connectivity index (χ3v) is 2.25. The van der Waals surface area contributed by atoms with Gasteiger partial charge in [-0.05, 0) is 24.3 Å². The topological polar surface area (TPSA) is 43.8 Å². The van der Waals surface area contributed by atoms with Crippen molar-refractivity contribution in [2.75, 3.05) is 0 Å². The average molecular weight is 223 g/mol. The van der Waals surface area contributed by atoms with E-state index < -0.39 is 11.6 Å². The van der Waals surface area contributed by atoms with Gasteiger partial charge in [0.05, 0.1) is 12.2 Å². The summed E-state index contributed by atoms with van der Waals surface area (Å²) in [6.07, 6.45) is 1.69. The lowest BCUT2D eigenvalue weighted by Crippen LogP contribution is -2.05. The van der Waals surface area contributed by atoms with Crippen molar-refractivity contribution in [3.8, 4) is 0 Å². The maximum Gasteiger partial charge on any atom is 0.128 e. The van der Waals surface area contributed by atoms with Gasteiger partial charge in [-0.3, -0.25) is 4.68 Å². The molecule has 0 bridgehead atoms. The molecule has 1 aromatic heterocycles. The van der Waals surface area contributed by atoms with Crippen LogP contribution in [0, 0.1) is 11.6 Å². The van der Waals surface area contributed by atoms with E-state index in [0.717, 1.165) is 17.8 Å². The van der Waals surface area contributed by atoms with Gasteiger partial charge in [-0.2, -0.15) is 5.10 Å². The molecule has 2 aromatic rings. The molecule has 0 saturated carbocycles. The van der Waals surface area contributed by atoms with E-state index in [1.807, 2.05) is 0 Å². The van der Waals surface area contributed by atoms with Crippen LogP contribution >= 0.6 is 0 Å². The van der Waals surface area contributed by atoms with Crippen molar-refractivity contribution in [3.63, 3.8) is 0 Å². The van der Waals surface area contributed by atoms with Crippen LogP contribution in [0.4, 0.5) is 8.78 Å². The fraction of sp³-hybridized carbons (Fsp3) is 0.182. The Labute approximate surface area is 91.5 Å². The third-order valence-electron chi connectivity index (χ3n) is 2.25. The summed E-state index contributed by atoms with van der Waals surface area (Å²) < 4.78 is 27.7. The van der Waals surface area contributed by atoms with Crippen LogP contribution in [0.5, 0.6) is 0 Å². The van der Waals surface area contributed by atoms with Crippen LogP contribution in [-0.4, -0.2) is 9.78 Å². The number of nitrogens with two attached hydrogens (primary N) is 1. The number of hydrogen-bond donors (Lipinski definition) is 1. The summed E-state index contributed by atoms with van der Waals surface area (Å²) in [7, 11) is 0. The fourth-order valence-electron chi connectivity index (χ4n) is 1.44. The zero-order valence-corrected chi connectivity index (χ0v) is 8.53. The molecule has 5 heteroatoms. The Bertz CT molecular complexity index is 494. The standard InChI is InChI=1S/C11H11F2N3/c12-9-1-2-11(13)8(5-9)7-16-4-3-10(6-14)15-16/h1-5H,6-7,14H2. The number of benzene rings is 1. The van der Waals surface area contributed by atoms with Crippen molar-refractivity contribution in [2.24, 2.45) is 5.73 Å². The molecule has 0 amide bonds. The minimum absolute atomic E-state index is 0.198. The summed E-state index contributed by atoms with van der Waals surface area (Å²) in [6, 6.07) is 5.11. The van der Waals surface area contributed by atoms with E-state index >= 15 is 0 Å². The first-order valence-electron chi connectivity index (χ1n) is 4.85. The quantitative estimate of drug-likeness (QED) is 0.860. The molecular formula is C11H11F2N3. The zero-order valence-electron chi connectivity index (χ0n) is 8.53. The summed E-state index contributed by atoms with van der Waals surface area (Å²) >= 11 is 0. The Hall–Kier alpha value is -1.75. The molecule has 0 fully saturated rings. The highest BCUT2D eigenvalue weighted by atomic mass is 19.1. The van der Waals surface area contributed by atoms with Crippen molar-refractivity contribution in [1.29, 1.82) is 0 Å². The highest BCUT2D eigenvalue weighted by molar-refractivity contribution is 5.19. The van der Waals surface area contributed by atoms with Crippen LogP contribution < -0.4 is 5.73 Å². The van der Waals surface area contributed by atoms with Crippen molar-refractivity contribution in [1.82, 2.24) is 9.78 Å². The molecule has 16 heavy (non-hydrogen) atoms. The Morgan fingerprint density at radius 3 is 2.75 bits per heavy atom. The van der Waals surface area contributed by atoms with Crippen molar-refractivity contribution in [2.45, 2.75) is 13.1 Å². The molecule has 1 aromatic carbocycles. The van der Waals surface area contributed by atoms with E-state index in [9.17, 15) is 8.78 Å². The number of halogens is 2. The van der Waals surface area contributed by atoms with Crippen LogP contribution in [0.1, 0.15) is 11.3 Å². The highest BCUT2D eigenvalue weighted by Crippen LogP contribution is 2.11. The lowest BCUT2D eigenvalue weighted by Gasteiger charge is -2.03. The molecular weight excluding hydrogens is 212 g/mol. The van der Waals surface area contributed by atoms with Crippen LogP contribution in [0.25, 0.3) is 0 Å². The lowest BCUT2D eigenvalue weighted by molar-refractivity contribution is 0.565. The number of rotatable bonds is 3. The first-order chi connectivity index (χ1) is 7.69. The molecule has 0 radical (unpaired) electrons. The van der Waals surface area contributed by atoms with Crippen LogP contribution in [0.15, 0.2) is 30.5 Å². The molecule has 0 saturated heterocycles. The maximum absolute atomic E-state index is 13.3. The molecule has 0 unspecified atom stereocenters. The summed E-state index contributed by atoms with van der Waals surface area (Å²) in [5.41, 5.74) is 6.39. The maximum atomic E-state index is 13.3. The summed E-state index contributed by atoms with van der Waals surface area (Å²) in [6.45, 7) is 0.530. The summed E-state index contributed by atoms with van der Waals surface area (Å²) in [5, 5.41) is 4.10. The van der Waals surface area contributed by atoms with E-state index in [2.05, 4.69) is 5.10 Å². The zero-order chi connectivity index (χ0) is 11.5. The second-order valence-corrected chi connectivity index (χ2v) is 3.44. The van der Waals surface area contributed by atoms with Gasteiger partial charge >= 0.3 is 0 Å². The molecule has 0 atom stereocenters. The van der Waals surface area contributed by atoms with Gasteiger partial charge in [-0.1, -0.05) is 0 Å². The molecule has 0 aliphatic carbocycles. The summed E-state index contributed by atoms with van der Waals surface area (Å²) in [4.78, 5) is 0. The minimum atomic E-state index is -0.456. The van der Waals surface area contributed by atoms with Gasteiger partial charge in [0.2, 0.25) is 0 Å². The smallest absolute Gasteiger partial charge is 0.128 e. The van der Waals surface area contributed by atoms with E-state index in [4.69, 9.17) is 5.73 Å². The van der Waals surface area contributed by atoms with Crippen molar-refractivity contribution in [3.05, 3.63) is 53.4 Å². The summed E-state index contributed by atoms with van der Waals surface area (Å²) in [5.74, 6) is -0.895. The fourth-order valence-corrected chi connectivity index (χ4v) is 1.44. The SMILES string of the molecule is NCc1ccn(Cc2cc(F)ccc2F)n1. The predicted octanol–water partition coefficient (Wildman–Crippen LogP) is 1.67. The number of aromatic nitrogens is 2. The van der Waals surface area contributed by atoms with Crippen molar-refractivity contribution < 1.29 is 8.78 Å². The second-order valence-electron chi connectivity index (χ2n) is 3.44. The first kappa shape index (κ1) is 10.8. The molecule has 0 aliphatic heterocycles. The molecule has 3 nitrogen and oxygen atoms in total. The van der Waals surface area contributed by atoms with Crippen LogP contribution in [0.2, 0.25) is 0 Å². The van der Waals surface area contributed by atoms with Gasteiger partial charge < -0.3 is 5.73 Å². The van der Waals surface area contributed by atoms with Gasteiger partial charge in [0.1, 0.15) is 11.6 Å². The van der Waals surface area contributed by atoms with Gasteiger partial charge in [-0.25, -0.2) is 8.78 Å². The largest absolute Gasteiger partial charge is 0.325 e. The molecule has 2 rings (SSSR count). The van der Waals surface area contributed by atoms with Gasteiger partial charge in [0, 0.05) is 18.3 Å². The number of nitrogens with zero attached hydrogens (tertiary/aromatic N) is 2. The normalized spacial score (nSPS) is 10.7.